The maximum absolute atomic E-state index is 13.6. The van der Waals surface area contributed by atoms with Crippen molar-refractivity contribution in [3.8, 4) is 22.6 Å². The second-order valence-electron chi connectivity index (χ2n) is 31.2. The van der Waals surface area contributed by atoms with Gasteiger partial charge in [0.25, 0.3) is 0 Å². The Labute approximate surface area is 798 Å². The molecule has 0 aromatic heterocycles. The molecule has 0 spiro atoms. The van der Waals surface area contributed by atoms with Crippen molar-refractivity contribution in [2.45, 2.75) is 81.0 Å². The Morgan fingerprint density at radius 3 is 0.731 bits per heavy atom. The summed E-state index contributed by atoms with van der Waals surface area (Å²) in [5.74, 6) is 1.49. The third kappa shape index (κ3) is 31.6. The molecule has 16 aromatic rings. The molecule has 20 nitrogen and oxygen atoms in total. The molecule has 16 aromatic carbocycles. The lowest BCUT2D eigenvalue weighted by Gasteiger charge is -2.33. The van der Waals surface area contributed by atoms with Gasteiger partial charge in [0, 0.05) is 132 Å². The van der Waals surface area contributed by atoms with Crippen LogP contribution in [0.5, 0.6) is 11.5 Å². The van der Waals surface area contributed by atoms with Gasteiger partial charge >= 0.3 is 6.18 Å². The summed E-state index contributed by atoms with van der Waals surface area (Å²) in [6.07, 6.45) is -4.43. The molecule has 28 heteroatoms. The number of nitrogen functional groups attached to an aromatic ring is 16. The number of halogens is 3. The first-order chi connectivity index (χ1) is 63.7. The number of ketones is 1. The lowest BCUT2D eigenvalue weighted by molar-refractivity contribution is -0.173. The van der Waals surface area contributed by atoms with Crippen LogP contribution in [-0.2, 0) is 20.7 Å². The van der Waals surface area contributed by atoms with Crippen molar-refractivity contribution >= 4 is 152 Å². The Bertz CT molecular complexity index is 6120. The predicted molar refractivity (Wildman–Crippen MR) is 564 cm³/mol. The number of carbonyl (C=O) groups excluding carboxylic acids is 1. The number of anilines is 16. The van der Waals surface area contributed by atoms with Crippen LogP contribution in [-0.4, -0.2) is 25.5 Å². The average molecular weight is 1890 g/mol. The molecular weight excluding hydrogens is 1780 g/mol. The topological polar surface area (TPSA) is 477 Å². The van der Waals surface area contributed by atoms with Gasteiger partial charge in [0.2, 0.25) is 9.84 Å². The summed E-state index contributed by atoms with van der Waals surface area (Å²) in [6.45, 7) is 9.70. The molecule has 0 fully saturated rings. The Morgan fingerprint density at radius 1 is 0.276 bits per heavy atom. The van der Waals surface area contributed by atoms with Crippen molar-refractivity contribution in [1.29, 1.82) is 0 Å². The first-order valence-electron chi connectivity index (χ1n) is 41.6. The summed E-state index contributed by atoms with van der Waals surface area (Å²) in [4.78, 5) is 17.3. The van der Waals surface area contributed by atoms with E-state index < -0.39 is 21.4 Å². The van der Waals surface area contributed by atoms with E-state index in [2.05, 4.69) is 64.1 Å². The van der Waals surface area contributed by atoms with Crippen LogP contribution >= 0.6 is 45.1 Å². The number of ether oxygens (including phenoxy) is 1. The number of rotatable bonds is 18. The highest BCUT2D eigenvalue weighted by atomic mass is 33.1. The number of nitrogens with two attached hydrogens (primary N) is 16. The molecule has 0 saturated carbocycles. The summed E-state index contributed by atoms with van der Waals surface area (Å²) in [5, 5.41) is 0.980. The van der Waals surface area contributed by atoms with Crippen LogP contribution in [0.3, 0.4) is 0 Å². The molecule has 0 atom stereocenters. The fraction of sp³-hybridized carbons (Fsp3) is 0.0849. The second-order valence-corrected chi connectivity index (χ2v) is 37.9. The fourth-order valence-corrected chi connectivity index (χ4v) is 17.8. The average Bonchev–Trinajstić information content (AvgIpc) is 0.753. The minimum Gasteiger partial charge on any atom is -0.457 e. The molecule has 16 rings (SSSR count). The summed E-state index contributed by atoms with van der Waals surface area (Å²) in [5.41, 5.74) is 108. The monoisotopic (exact) mass is 1890 g/mol. The normalized spacial score (nSPS) is 10.8. The van der Waals surface area contributed by atoms with Gasteiger partial charge in [-0.3, -0.25) is 4.79 Å². The summed E-state index contributed by atoms with van der Waals surface area (Å²) >= 11 is 3.61. The van der Waals surface area contributed by atoms with Crippen LogP contribution in [0.2, 0.25) is 0 Å². The number of carbonyl (C=O) groups is 1. The van der Waals surface area contributed by atoms with Gasteiger partial charge in [-0.15, -0.1) is 23.5 Å². The largest absolute Gasteiger partial charge is 0.457 e. The minimum atomic E-state index is -4.43. The maximum Gasteiger partial charge on any atom is 0.402 e. The highest BCUT2D eigenvalue weighted by molar-refractivity contribution is 8.76. The lowest BCUT2D eigenvalue weighted by Crippen LogP contribution is -2.40. The smallest absolute Gasteiger partial charge is 0.402 e. The van der Waals surface area contributed by atoms with E-state index in [9.17, 15) is 26.4 Å². The van der Waals surface area contributed by atoms with Crippen LogP contribution in [0.4, 0.5) is 104 Å². The maximum atomic E-state index is 13.6. The van der Waals surface area contributed by atoms with Crippen molar-refractivity contribution < 1.29 is 31.1 Å². The number of benzene rings is 16. The zero-order valence-corrected chi connectivity index (χ0v) is 78.6. The molecule has 0 saturated heterocycles. The van der Waals surface area contributed by atoms with E-state index in [1.807, 2.05) is 170 Å². The van der Waals surface area contributed by atoms with E-state index in [0.29, 0.717) is 45.3 Å². The highest BCUT2D eigenvalue weighted by Gasteiger charge is 2.53. The molecule has 134 heavy (non-hydrogen) atoms. The molecule has 0 aliphatic carbocycles. The molecule has 0 heterocycles. The van der Waals surface area contributed by atoms with E-state index in [4.69, 9.17) is 96.5 Å². The van der Waals surface area contributed by atoms with E-state index in [1.54, 1.807) is 142 Å². The number of hydrogen-bond acceptors (Lipinski definition) is 24. The minimum absolute atomic E-state index is 0.0278. The predicted octanol–water partition coefficient (Wildman–Crippen LogP) is 23.8. The lowest BCUT2D eigenvalue weighted by atomic mass is 9.75. The Hall–Kier alpha value is -15.1. The molecule has 0 bridgehead atoms. The van der Waals surface area contributed by atoms with Crippen LogP contribution in [0, 0.1) is 13.8 Å². The van der Waals surface area contributed by atoms with E-state index >= 15 is 0 Å². The highest BCUT2D eigenvalue weighted by Crippen LogP contribution is 2.47. The summed E-state index contributed by atoms with van der Waals surface area (Å²) in [6, 6.07) is 111. The van der Waals surface area contributed by atoms with Gasteiger partial charge in [0.05, 0.1) is 9.79 Å². The zero-order valence-electron chi connectivity index (χ0n) is 74.5. The molecule has 0 amide bonds. The van der Waals surface area contributed by atoms with Gasteiger partial charge in [-0.2, -0.15) is 13.2 Å². The van der Waals surface area contributed by atoms with Crippen molar-refractivity contribution in [2.24, 2.45) is 0 Å². The number of alkyl halides is 3. The SMILES string of the molecule is CC(C)(c1ccc(N)cc1)c1ccc(N)cc1.CC(c1ccc(N)cc1)(c1ccc(N)cc1)C(F)(F)F.Cc1cc(N)ccc1-c1ccc(N)cc1C.Nc1ccc(C(=O)c2ccc(N)cc2)cc1.Nc1ccc(Oc2ccc(N)cc2)cc1.Nc1ccc(S(=O)(=O)c2ccc(N)cc2)cc1.Nc1ccc(SCSc2ccc(N)cc2)cc1.Nc1ccc(SSc2ccc(N)cc2)cc1. The Kier molecular flexibility index (Phi) is 37.3. The first-order valence-corrected chi connectivity index (χ1v) is 47.2. The quantitative estimate of drug-likeness (QED) is 0.0125. The number of sulfone groups is 1. The molecule has 0 aliphatic rings. The number of thioether (sulfide) groups is 2. The standard InChI is InChI=1S/C15H15F3N2.C15H18N2.C14H16N2.C13H12N2O.C13H14N2S2.C12H12N2O2S.C12H12N2O.C12H12N2S2/c1-14(15(16,17)18,10-2-6-12(19)7-3-10)11-4-8-13(20)9-5-11;1-15(2,11-3-7-13(16)8-4-11)12-5-9-14(17)10-6-12;1-9-7-11(15)3-5-13(9)14-6-4-12(16)8-10(14)2;14-11-5-1-9(2-6-11)13(16)10-3-7-12(15)8-4-10;14-10-1-5-12(6-2-10)16-9-17-13-7-3-11(15)4-8-13;13-9-1-5-11(6-2-9)17(15,16)12-7-3-10(14)4-8-12;13-9-1-5-11(6-2-9)15-12-7-3-10(14)4-8-12;13-9-1-5-11(6-2-9)15-16-12-7-3-10(14)4-8-12/h2-9H,19-20H2,1H3;3-10H,16-17H2,1-2H3;3-8H,15-16H2,1-2H3;1-8H,14-15H2;1-8H,9,14-15H2;1-8H,13-14H2;1-8H,13-14H2;1-8H,13-14H2. The number of hydrogen-bond donors (Lipinski definition) is 16. The van der Waals surface area contributed by atoms with Crippen molar-refractivity contribution in [2.75, 3.05) is 96.8 Å². The molecule has 32 N–H and O–H groups in total. The third-order valence-corrected chi connectivity index (χ3v) is 26.9. The molecule has 0 radical (unpaired) electrons. The van der Waals surface area contributed by atoms with Crippen molar-refractivity contribution in [3.05, 3.63) is 421 Å². The van der Waals surface area contributed by atoms with Crippen molar-refractivity contribution in [3.63, 3.8) is 0 Å². The molecule has 0 unspecified atom stereocenters. The number of aryl methyl sites for hydroxylation is 2. The fourth-order valence-electron chi connectivity index (χ4n) is 12.6. The Balaban J connectivity index is 0.000000172. The third-order valence-electron chi connectivity index (χ3n) is 20.5. The van der Waals surface area contributed by atoms with Gasteiger partial charge in [-0.1, -0.05) is 96.1 Å². The van der Waals surface area contributed by atoms with Gasteiger partial charge in [0.15, 0.2) is 5.78 Å². The van der Waals surface area contributed by atoms with E-state index in [-0.39, 0.29) is 32.1 Å². The van der Waals surface area contributed by atoms with Crippen LogP contribution in [0.1, 0.15) is 70.1 Å². The van der Waals surface area contributed by atoms with Crippen LogP contribution < -0.4 is 96.5 Å². The Morgan fingerprint density at radius 2 is 0.485 bits per heavy atom. The first kappa shape index (κ1) is 103. The summed E-state index contributed by atoms with van der Waals surface area (Å²) in [7, 11) is -0.0669. The van der Waals surface area contributed by atoms with E-state index in [0.717, 1.165) is 80.4 Å². The summed E-state index contributed by atoms with van der Waals surface area (Å²) < 4.78 is 70.8. The van der Waals surface area contributed by atoms with Crippen LogP contribution in [0.25, 0.3) is 11.1 Å². The van der Waals surface area contributed by atoms with Gasteiger partial charge in [-0.05, 0) is 381 Å². The molecular formula is C106H111F3N16O4S5. The van der Waals surface area contributed by atoms with Gasteiger partial charge in [0.1, 0.15) is 16.9 Å². The van der Waals surface area contributed by atoms with Gasteiger partial charge in [-0.25, -0.2) is 8.42 Å². The second kappa shape index (κ2) is 48.7. The van der Waals surface area contributed by atoms with E-state index in [1.165, 1.54) is 126 Å². The zero-order chi connectivity index (χ0) is 97.3. The molecule has 690 valence electrons. The van der Waals surface area contributed by atoms with Gasteiger partial charge < -0.3 is 96.5 Å². The van der Waals surface area contributed by atoms with Crippen LogP contribution in [0.15, 0.2) is 405 Å². The molecule has 0 aliphatic heterocycles. The van der Waals surface area contributed by atoms with Crippen molar-refractivity contribution in [1.82, 2.24) is 0 Å².